The lowest BCUT2D eigenvalue weighted by Crippen LogP contribution is -2.30. The fraction of sp³-hybridized carbons (Fsp3) is 0.294. The molecule has 4 rings (SSSR count). The molecule has 0 bridgehead atoms. The first-order valence-corrected chi connectivity index (χ1v) is 8.47. The number of benzene rings is 1. The van der Waals surface area contributed by atoms with E-state index in [2.05, 4.69) is 4.98 Å². The fourth-order valence-electron chi connectivity index (χ4n) is 3.16. The molecule has 0 spiro atoms. The lowest BCUT2D eigenvalue weighted by atomic mass is 9.97. The van der Waals surface area contributed by atoms with Crippen molar-refractivity contribution in [2.45, 2.75) is 25.7 Å². The van der Waals surface area contributed by atoms with Crippen LogP contribution >= 0.6 is 11.3 Å². The topological polar surface area (TPSA) is 70.1 Å². The van der Waals surface area contributed by atoms with Crippen LogP contribution in [-0.2, 0) is 12.8 Å². The summed E-state index contributed by atoms with van der Waals surface area (Å²) in [4.78, 5) is 19.5. The van der Waals surface area contributed by atoms with Gasteiger partial charge in [0.2, 0.25) is 0 Å². The minimum Gasteiger partial charge on any atom is -0.497 e. The summed E-state index contributed by atoms with van der Waals surface area (Å²) in [5.41, 5.74) is 1.81. The number of ether oxygens (including phenoxy) is 1. The molecule has 0 fully saturated rings. The number of aryl methyl sites for hydroxylation is 2. The monoisotopic (exact) mass is 327 g/mol. The normalized spacial score (nSPS) is 14.0. The van der Waals surface area contributed by atoms with Crippen LogP contribution in [0.2, 0.25) is 0 Å². The number of rotatable bonds is 2. The second-order valence-corrected chi connectivity index (χ2v) is 6.81. The van der Waals surface area contributed by atoms with Crippen molar-refractivity contribution in [3.8, 4) is 17.1 Å². The van der Waals surface area contributed by atoms with Crippen molar-refractivity contribution in [1.29, 1.82) is 0 Å². The molecular formula is C17H17N3O2S. The molecule has 0 saturated heterocycles. The molecule has 2 N–H and O–H groups in total. The van der Waals surface area contributed by atoms with E-state index in [0.29, 0.717) is 11.2 Å². The predicted octanol–water partition coefficient (Wildman–Crippen LogP) is 2.73. The van der Waals surface area contributed by atoms with E-state index in [4.69, 9.17) is 10.6 Å². The first kappa shape index (κ1) is 14.3. The summed E-state index contributed by atoms with van der Waals surface area (Å²) >= 11 is 1.63. The zero-order chi connectivity index (χ0) is 16.0. The molecule has 0 radical (unpaired) electrons. The molecule has 0 amide bonds. The lowest BCUT2D eigenvalue weighted by Gasteiger charge is -2.11. The first-order valence-electron chi connectivity index (χ1n) is 7.66. The van der Waals surface area contributed by atoms with Crippen LogP contribution in [0.3, 0.4) is 0 Å². The van der Waals surface area contributed by atoms with Crippen LogP contribution in [0, 0.1) is 0 Å². The third-order valence-electron chi connectivity index (χ3n) is 4.37. The Morgan fingerprint density at radius 3 is 2.70 bits per heavy atom. The number of hydrogen-bond acceptors (Lipinski definition) is 5. The highest BCUT2D eigenvalue weighted by Gasteiger charge is 2.21. The van der Waals surface area contributed by atoms with Crippen molar-refractivity contribution in [3.05, 3.63) is 45.1 Å². The van der Waals surface area contributed by atoms with Crippen LogP contribution in [-0.4, -0.2) is 16.8 Å². The maximum atomic E-state index is 12.8. The molecule has 0 aliphatic heterocycles. The van der Waals surface area contributed by atoms with E-state index >= 15 is 0 Å². The second kappa shape index (κ2) is 5.38. The Labute approximate surface area is 137 Å². The molecule has 0 atom stereocenters. The van der Waals surface area contributed by atoms with Gasteiger partial charge in [0.05, 0.1) is 12.5 Å². The van der Waals surface area contributed by atoms with Gasteiger partial charge in [-0.2, -0.15) is 0 Å². The van der Waals surface area contributed by atoms with Crippen molar-refractivity contribution in [2.75, 3.05) is 13.0 Å². The molecule has 2 heterocycles. The average Bonchev–Trinajstić information content (AvgIpc) is 2.96. The van der Waals surface area contributed by atoms with Gasteiger partial charge in [0.15, 0.2) is 5.82 Å². The maximum absolute atomic E-state index is 12.8. The van der Waals surface area contributed by atoms with Gasteiger partial charge in [0, 0.05) is 10.4 Å². The smallest absolute Gasteiger partial charge is 0.281 e. The van der Waals surface area contributed by atoms with Crippen molar-refractivity contribution < 1.29 is 4.74 Å². The van der Waals surface area contributed by atoms with Crippen LogP contribution in [0.4, 0.5) is 0 Å². The van der Waals surface area contributed by atoms with Crippen molar-refractivity contribution in [3.63, 3.8) is 0 Å². The van der Waals surface area contributed by atoms with E-state index < -0.39 is 0 Å². The van der Waals surface area contributed by atoms with Crippen molar-refractivity contribution in [1.82, 2.24) is 9.66 Å². The Hall–Kier alpha value is -2.34. The van der Waals surface area contributed by atoms with E-state index in [1.165, 1.54) is 16.0 Å². The van der Waals surface area contributed by atoms with Crippen LogP contribution in [0.25, 0.3) is 21.6 Å². The summed E-state index contributed by atoms with van der Waals surface area (Å²) in [7, 11) is 1.62. The summed E-state index contributed by atoms with van der Waals surface area (Å²) < 4.78 is 6.34. The Kier molecular flexibility index (Phi) is 3.34. The summed E-state index contributed by atoms with van der Waals surface area (Å²) in [6.07, 6.45) is 4.30. The van der Waals surface area contributed by atoms with Crippen LogP contribution in [0.5, 0.6) is 5.75 Å². The number of thiophene rings is 1. The zero-order valence-corrected chi connectivity index (χ0v) is 13.7. The molecule has 1 aliphatic rings. The van der Waals surface area contributed by atoms with E-state index in [0.717, 1.165) is 41.0 Å². The van der Waals surface area contributed by atoms with Gasteiger partial charge in [-0.1, -0.05) is 0 Å². The van der Waals surface area contributed by atoms with Crippen LogP contribution in [0.15, 0.2) is 29.1 Å². The molecule has 0 saturated carbocycles. The Bertz CT molecular complexity index is 941. The largest absolute Gasteiger partial charge is 0.497 e. The molecule has 2 aromatic heterocycles. The Morgan fingerprint density at radius 1 is 1.22 bits per heavy atom. The molecule has 0 unspecified atom stereocenters. The van der Waals surface area contributed by atoms with Gasteiger partial charge >= 0.3 is 0 Å². The number of nitrogens with zero attached hydrogens (tertiary/aromatic N) is 2. The van der Waals surface area contributed by atoms with Gasteiger partial charge in [0.25, 0.3) is 5.56 Å². The van der Waals surface area contributed by atoms with Gasteiger partial charge in [0.1, 0.15) is 10.6 Å². The molecular weight excluding hydrogens is 310 g/mol. The third-order valence-corrected chi connectivity index (χ3v) is 5.55. The highest BCUT2D eigenvalue weighted by atomic mass is 32.1. The highest BCUT2D eigenvalue weighted by Crippen LogP contribution is 2.34. The predicted molar refractivity (Wildman–Crippen MR) is 92.7 cm³/mol. The van der Waals surface area contributed by atoms with E-state index in [1.54, 1.807) is 18.4 Å². The number of hydrogen-bond donors (Lipinski definition) is 1. The van der Waals surface area contributed by atoms with Crippen LogP contribution < -0.4 is 16.1 Å². The number of nitrogens with two attached hydrogens (primary N) is 1. The standard InChI is InChI=1S/C17H17N3O2S/c1-22-11-8-6-10(7-9-11)15-19-16-14(17(21)20(15)18)12-4-2-3-5-13(12)23-16/h6-9H,2-5,18H2,1H3. The SMILES string of the molecule is COc1ccc(-c2nc3sc4c(c3c(=O)n2N)CCCC4)cc1. The quantitative estimate of drug-likeness (QED) is 0.735. The minimum atomic E-state index is -0.153. The molecule has 1 aromatic carbocycles. The van der Waals surface area contributed by atoms with E-state index in [-0.39, 0.29) is 5.56 Å². The summed E-state index contributed by atoms with van der Waals surface area (Å²) in [6.45, 7) is 0. The number of nitrogen functional groups attached to an aromatic ring is 1. The molecule has 118 valence electrons. The average molecular weight is 327 g/mol. The van der Waals surface area contributed by atoms with Gasteiger partial charge in [-0.15, -0.1) is 11.3 Å². The Morgan fingerprint density at radius 2 is 1.96 bits per heavy atom. The molecule has 3 aromatic rings. The number of methoxy groups -OCH3 is 1. The highest BCUT2D eigenvalue weighted by molar-refractivity contribution is 7.18. The minimum absolute atomic E-state index is 0.153. The van der Waals surface area contributed by atoms with Gasteiger partial charge in [-0.05, 0) is 55.5 Å². The Balaban J connectivity index is 1.94. The fourth-order valence-corrected chi connectivity index (χ4v) is 4.41. The summed E-state index contributed by atoms with van der Waals surface area (Å²) in [5, 5.41) is 0.712. The molecule has 23 heavy (non-hydrogen) atoms. The number of aromatic nitrogens is 2. The summed E-state index contributed by atoms with van der Waals surface area (Å²) in [6, 6.07) is 7.41. The van der Waals surface area contributed by atoms with Crippen LogP contribution in [0.1, 0.15) is 23.3 Å². The number of fused-ring (bicyclic) bond motifs is 3. The van der Waals surface area contributed by atoms with E-state index in [1.807, 2.05) is 24.3 Å². The van der Waals surface area contributed by atoms with Gasteiger partial charge < -0.3 is 10.6 Å². The van der Waals surface area contributed by atoms with Crippen molar-refractivity contribution >= 4 is 21.6 Å². The van der Waals surface area contributed by atoms with Crippen molar-refractivity contribution in [2.24, 2.45) is 0 Å². The molecule has 1 aliphatic carbocycles. The molecule has 5 nitrogen and oxygen atoms in total. The third kappa shape index (κ3) is 2.21. The zero-order valence-electron chi connectivity index (χ0n) is 12.8. The summed E-state index contributed by atoms with van der Waals surface area (Å²) in [5.74, 6) is 7.31. The first-order chi connectivity index (χ1) is 11.2. The maximum Gasteiger partial charge on any atom is 0.281 e. The van der Waals surface area contributed by atoms with Gasteiger partial charge in [-0.25, -0.2) is 9.66 Å². The van der Waals surface area contributed by atoms with E-state index in [9.17, 15) is 4.79 Å². The molecule has 6 heteroatoms. The second-order valence-electron chi connectivity index (χ2n) is 5.73. The lowest BCUT2D eigenvalue weighted by molar-refractivity contribution is 0.415. The van der Waals surface area contributed by atoms with Gasteiger partial charge in [-0.3, -0.25) is 4.79 Å².